The molecule has 10 heteroatoms. The molecule has 1 N–H and O–H groups in total. The van der Waals surface area contributed by atoms with Gasteiger partial charge in [-0.3, -0.25) is 4.79 Å². The number of aromatic nitrogens is 3. The van der Waals surface area contributed by atoms with Gasteiger partial charge in [0.1, 0.15) is 23.0 Å². The quantitative estimate of drug-likeness (QED) is 0.451. The molecule has 1 atom stereocenters. The number of fused-ring (bicyclic) bond motifs is 1. The maximum Gasteiger partial charge on any atom is 0.272 e. The molecule has 7 nitrogen and oxygen atoms in total. The Balaban J connectivity index is 1.61. The fourth-order valence-electron chi connectivity index (χ4n) is 4.52. The van der Waals surface area contributed by atoms with Gasteiger partial charge >= 0.3 is 0 Å². The third-order valence-corrected chi connectivity index (χ3v) is 7.95. The smallest absolute Gasteiger partial charge is 0.272 e. The van der Waals surface area contributed by atoms with Gasteiger partial charge in [0.2, 0.25) is 0 Å². The van der Waals surface area contributed by atoms with Crippen LogP contribution in [0.4, 0.5) is 8.78 Å². The van der Waals surface area contributed by atoms with E-state index >= 15 is 0 Å². The van der Waals surface area contributed by atoms with E-state index in [-0.39, 0.29) is 35.3 Å². The van der Waals surface area contributed by atoms with Gasteiger partial charge in [-0.25, -0.2) is 27.2 Å². The number of carbonyl (C=O) groups is 1. The lowest BCUT2D eigenvalue weighted by molar-refractivity contribution is 0.0947. The van der Waals surface area contributed by atoms with E-state index in [4.69, 9.17) is 0 Å². The minimum Gasteiger partial charge on any atom is -0.346 e. The summed E-state index contributed by atoms with van der Waals surface area (Å²) in [5.74, 6) is -1.51. The minimum atomic E-state index is -3.16. The fourth-order valence-corrected chi connectivity index (χ4v) is 6.22. The maximum atomic E-state index is 14.1. The molecule has 0 spiro atoms. The standard InChI is InChI=1S/C25H22F2N4O3S/c1-15-29-23-22(31(15)17-10-11-35(33,34)14-17)12-21(16-6-3-2-4-7-16)30-24(23)25(32)28-13-18-19(26)8-5-9-20(18)27/h2-9,12,17H,10-11,13-14H2,1H3,(H,28,32). The molecule has 35 heavy (non-hydrogen) atoms. The molecule has 180 valence electrons. The van der Waals surface area contributed by atoms with Crippen LogP contribution in [0.1, 0.15) is 34.3 Å². The van der Waals surface area contributed by atoms with Crippen LogP contribution < -0.4 is 5.32 Å². The van der Waals surface area contributed by atoms with Crippen LogP contribution in [-0.2, 0) is 16.4 Å². The maximum absolute atomic E-state index is 14.1. The molecule has 1 saturated heterocycles. The molecule has 1 aliphatic rings. The van der Waals surface area contributed by atoms with Gasteiger partial charge in [-0.2, -0.15) is 0 Å². The molecule has 1 aliphatic heterocycles. The molecule has 0 aliphatic carbocycles. The molecule has 1 unspecified atom stereocenters. The van der Waals surface area contributed by atoms with Gasteiger partial charge in [0.25, 0.3) is 5.91 Å². The van der Waals surface area contributed by atoms with Crippen molar-refractivity contribution in [1.82, 2.24) is 19.9 Å². The van der Waals surface area contributed by atoms with Crippen molar-refractivity contribution in [3.05, 3.63) is 83.3 Å². The lowest BCUT2D eigenvalue weighted by atomic mass is 10.1. The van der Waals surface area contributed by atoms with Gasteiger partial charge in [0.15, 0.2) is 15.5 Å². The Morgan fingerprint density at radius 1 is 1.09 bits per heavy atom. The van der Waals surface area contributed by atoms with Crippen LogP contribution >= 0.6 is 0 Å². The van der Waals surface area contributed by atoms with Gasteiger partial charge < -0.3 is 9.88 Å². The van der Waals surface area contributed by atoms with E-state index in [1.165, 1.54) is 6.07 Å². The summed E-state index contributed by atoms with van der Waals surface area (Å²) in [6, 6.07) is 14.2. The Morgan fingerprint density at radius 2 is 1.80 bits per heavy atom. The molecule has 1 amide bonds. The van der Waals surface area contributed by atoms with Crippen molar-refractivity contribution in [2.75, 3.05) is 11.5 Å². The molecule has 0 radical (unpaired) electrons. The zero-order chi connectivity index (χ0) is 24.7. The molecular weight excluding hydrogens is 474 g/mol. The van der Waals surface area contributed by atoms with Gasteiger partial charge in [0, 0.05) is 17.7 Å². The molecule has 0 saturated carbocycles. The van der Waals surface area contributed by atoms with Crippen molar-refractivity contribution in [1.29, 1.82) is 0 Å². The molecule has 1 fully saturated rings. The number of imidazole rings is 1. The van der Waals surface area contributed by atoms with Crippen LogP contribution in [0.25, 0.3) is 22.3 Å². The van der Waals surface area contributed by atoms with E-state index in [0.717, 1.165) is 17.7 Å². The predicted molar refractivity (Wildman–Crippen MR) is 128 cm³/mol. The Morgan fingerprint density at radius 3 is 2.46 bits per heavy atom. The first kappa shape index (κ1) is 23.1. The molecule has 2 aromatic carbocycles. The number of nitrogens with one attached hydrogen (secondary N) is 1. The van der Waals surface area contributed by atoms with E-state index in [0.29, 0.717) is 29.0 Å². The number of benzene rings is 2. The SMILES string of the molecule is Cc1nc2c(C(=O)NCc3c(F)cccc3F)nc(-c3ccccc3)cc2n1C1CCS(=O)(=O)C1. The number of halogens is 2. The Kier molecular flexibility index (Phi) is 5.84. The highest BCUT2D eigenvalue weighted by Crippen LogP contribution is 2.32. The Bertz CT molecular complexity index is 1530. The van der Waals surface area contributed by atoms with Crippen LogP contribution in [0.15, 0.2) is 54.6 Å². The molecule has 4 aromatic rings. The normalized spacial score (nSPS) is 17.1. The van der Waals surface area contributed by atoms with Crippen molar-refractivity contribution in [2.24, 2.45) is 0 Å². The summed E-state index contributed by atoms with van der Waals surface area (Å²) >= 11 is 0. The van der Waals surface area contributed by atoms with Crippen LogP contribution in [0.3, 0.4) is 0 Å². The summed E-state index contributed by atoms with van der Waals surface area (Å²) in [6.45, 7) is 1.39. The van der Waals surface area contributed by atoms with E-state index < -0.39 is 27.4 Å². The minimum absolute atomic E-state index is 0.000745. The first-order chi connectivity index (χ1) is 16.7. The fraction of sp³-hybridized carbons (Fsp3) is 0.240. The van der Waals surface area contributed by atoms with Crippen LogP contribution in [0, 0.1) is 18.6 Å². The Labute approximate surface area is 200 Å². The second kappa shape index (κ2) is 8.84. The largest absolute Gasteiger partial charge is 0.346 e. The summed E-state index contributed by atoms with van der Waals surface area (Å²) < 4.78 is 54.3. The topological polar surface area (TPSA) is 93.9 Å². The van der Waals surface area contributed by atoms with Gasteiger partial charge in [0.05, 0.1) is 28.8 Å². The van der Waals surface area contributed by atoms with Crippen molar-refractivity contribution in [3.8, 4) is 11.3 Å². The van der Waals surface area contributed by atoms with Crippen LogP contribution in [0.2, 0.25) is 0 Å². The Hall–Kier alpha value is -3.66. The lowest BCUT2D eigenvalue weighted by Crippen LogP contribution is -2.25. The number of aryl methyl sites for hydroxylation is 1. The molecular formula is C25H22F2N4O3S. The van der Waals surface area contributed by atoms with E-state index in [1.54, 1.807) is 13.0 Å². The van der Waals surface area contributed by atoms with Crippen molar-refractivity contribution < 1.29 is 22.0 Å². The predicted octanol–water partition coefficient (Wildman–Crippen LogP) is 3.97. The van der Waals surface area contributed by atoms with Crippen molar-refractivity contribution in [2.45, 2.75) is 25.9 Å². The highest BCUT2D eigenvalue weighted by Gasteiger charge is 2.32. The first-order valence-electron chi connectivity index (χ1n) is 11.1. The summed E-state index contributed by atoms with van der Waals surface area (Å²) in [5.41, 5.74) is 1.89. The van der Waals surface area contributed by atoms with E-state index in [1.807, 2.05) is 34.9 Å². The zero-order valence-corrected chi connectivity index (χ0v) is 19.6. The number of amides is 1. The lowest BCUT2D eigenvalue weighted by Gasteiger charge is -2.15. The summed E-state index contributed by atoms with van der Waals surface area (Å²) in [5, 5.41) is 2.55. The second-order valence-electron chi connectivity index (χ2n) is 8.56. The summed E-state index contributed by atoms with van der Waals surface area (Å²) in [7, 11) is -3.16. The second-order valence-corrected chi connectivity index (χ2v) is 10.8. The average molecular weight is 497 g/mol. The zero-order valence-electron chi connectivity index (χ0n) is 18.8. The molecule has 2 aromatic heterocycles. The molecule has 3 heterocycles. The van der Waals surface area contributed by atoms with Crippen molar-refractivity contribution >= 4 is 26.8 Å². The number of nitrogens with zero attached hydrogens (tertiary/aromatic N) is 3. The summed E-state index contributed by atoms with van der Waals surface area (Å²) in [6.07, 6.45) is 0.450. The average Bonchev–Trinajstić information content (AvgIpc) is 3.35. The number of hydrogen-bond acceptors (Lipinski definition) is 5. The third kappa shape index (κ3) is 4.41. The molecule has 5 rings (SSSR count). The monoisotopic (exact) mass is 496 g/mol. The third-order valence-electron chi connectivity index (χ3n) is 6.20. The number of sulfone groups is 1. The van der Waals surface area contributed by atoms with Crippen molar-refractivity contribution in [3.63, 3.8) is 0 Å². The summed E-state index contributed by atoms with van der Waals surface area (Å²) in [4.78, 5) is 22.3. The van der Waals surface area contributed by atoms with E-state index in [2.05, 4.69) is 15.3 Å². The first-order valence-corrected chi connectivity index (χ1v) is 12.9. The number of hydrogen-bond donors (Lipinski definition) is 1. The highest BCUT2D eigenvalue weighted by molar-refractivity contribution is 7.91. The van der Waals surface area contributed by atoms with Gasteiger partial charge in [-0.15, -0.1) is 0 Å². The molecule has 0 bridgehead atoms. The highest BCUT2D eigenvalue weighted by atomic mass is 32.2. The van der Waals surface area contributed by atoms with E-state index in [9.17, 15) is 22.0 Å². The van der Waals surface area contributed by atoms with Gasteiger partial charge in [-0.1, -0.05) is 36.4 Å². The number of rotatable bonds is 5. The van der Waals surface area contributed by atoms with Gasteiger partial charge in [-0.05, 0) is 31.5 Å². The number of pyridine rings is 1. The number of carbonyl (C=O) groups excluding carboxylic acids is 1. The van der Waals surface area contributed by atoms with Crippen LogP contribution in [-0.4, -0.2) is 40.4 Å². The van der Waals surface area contributed by atoms with Crippen LogP contribution in [0.5, 0.6) is 0 Å².